The highest BCUT2D eigenvalue weighted by Crippen LogP contribution is 2.33. The molecule has 0 aliphatic carbocycles. The third-order valence-electron chi connectivity index (χ3n) is 5.04. The minimum atomic E-state index is -0.332. The van der Waals surface area contributed by atoms with Crippen molar-refractivity contribution in [3.8, 4) is 17.2 Å². The summed E-state index contributed by atoms with van der Waals surface area (Å²) < 4.78 is 10.7. The Hall–Kier alpha value is -3.22. The number of fused-ring (bicyclic) bond motifs is 1. The topological polar surface area (TPSA) is 88.1 Å². The summed E-state index contributed by atoms with van der Waals surface area (Å²) in [5.74, 6) is 1.17. The van der Waals surface area contributed by atoms with Gasteiger partial charge in [-0.25, -0.2) is 0 Å². The average molecular weight is 382 g/mol. The van der Waals surface area contributed by atoms with Gasteiger partial charge in [0.2, 0.25) is 18.6 Å². The van der Waals surface area contributed by atoms with Crippen LogP contribution >= 0.6 is 0 Å². The van der Waals surface area contributed by atoms with Gasteiger partial charge >= 0.3 is 0 Å². The van der Waals surface area contributed by atoms with Crippen molar-refractivity contribution in [1.29, 1.82) is 0 Å². The molecule has 146 valence electrons. The lowest BCUT2D eigenvalue weighted by atomic mass is 10.1. The Bertz CT molecular complexity index is 881. The van der Waals surface area contributed by atoms with Crippen molar-refractivity contribution in [2.45, 2.75) is 19.4 Å². The summed E-state index contributed by atoms with van der Waals surface area (Å²) in [6.45, 7) is 1.58. The van der Waals surface area contributed by atoms with Crippen molar-refractivity contribution in [3.63, 3.8) is 0 Å². The van der Waals surface area contributed by atoms with Crippen LogP contribution in [-0.2, 0) is 22.6 Å². The van der Waals surface area contributed by atoms with Crippen LogP contribution in [0.4, 0.5) is 0 Å². The van der Waals surface area contributed by atoms with Crippen LogP contribution in [0, 0.1) is 5.92 Å². The fourth-order valence-corrected chi connectivity index (χ4v) is 3.50. The normalized spacial score (nSPS) is 17.8. The van der Waals surface area contributed by atoms with E-state index in [-0.39, 0.29) is 36.7 Å². The number of phenolic OH excluding ortho intramolecular Hbond substituents is 1. The van der Waals surface area contributed by atoms with Crippen molar-refractivity contribution < 1.29 is 24.2 Å². The number of carbonyl (C=O) groups is 2. The van der Waals surface area contributed by atoms with E-state index in [0.717, 1.165) is 11.1 Å². The summed E-state index contributed by atoms with van der Waals surface area (Å²) in [4.78, 5) is 26.5. The van der Waals surface area contributed by atoms with E-state index in [4.69, 9.17) is 9.47 Å². The van der Waals surface area contributed by atoms with Crippen molar-refractivity contribution in [1.82, 2.24) is 10.2 Å². The lowest BCUT2D eigenvalue weighted by Crippen LogP contribution is -2.34. The summed E-state index contributed by atoms with van der Waals surface area (Å²) in [6.07, 6.45) is 0.906. The van der Waals surface area contributed by atoms with Gasteiger partial charge in [0.15, 0.2) is 11.5 Å². The number of nitrogens with zero attached hydrogens (tertiary/aromatic N) is 1. The van der Waals surface area contributed by atoms with E-state index < -0.39 is 0 Å². The third kappa shape index (κ3) is 4.03. The standard InChI is InChI=1S/C21H22N2O5/c24-17-4-1-14(2-5-17)7-8-22-21(26)16-10-20(25)23(12-16)11-15-3-6-18-19(9-15)28-13-27-18/h1-6,9,16,24H,7-8,10-13H2,(H,22,26). The first-order valence-corrected chi connectivity index (χ1v) is 9.30. The molecule has 7 heteroatoms. The van der Waals surface area contributed by atoms with Crippen LogP contribution in [0.25, 0.3) is 0 Å². The Morgan fingerprint density at radius 1 is 1.11 bits per heavy atom. The molecule has 2 heterocycles. The second-order valence-electron chi connectivity index (χ2n) is 7.07. The van der Waals surface area contributed by atoms with Gasteiger partial charge in [0.25, 0.3) is 0 Å². The Balaban J connectivity index is 1.27. The molecule has 7 nitrogen and oxygen atoms in total. The van der Waals surface area contributed by atoms with Gasteiger partial charge in [-0.3, -0.25) is 9.59 Å². The number of hydrogen-bond donors (Lipinski definition) is 2. The molecule has 0 bridgehead atoms. The number of ether oxygens (including phenoxy) is 2. The average Bonchev–Trinajstić information content (AvgIpc) is 3.30. The number of phenols is 1. The molecule has 2 aliphatic heterocycles. The molecule has 2 amide bonds. The van der Waals surface area contributed by atoms with Crippen molar-refractivity contribution in [2.75, 3.05) is 19.9 Å². The quantitative estimate of drug-likeness (QED) is 0.796. The first kappa shape index (κ1) is 18.2. The smallest absolute Gasteiger partial charge is 0.231 e. The van der Waals surface area contributed by atoms with Gasteiger partial charge in [-0.05, 0) is 41.8 Å². The second-order valence-corrected chi connectivity index (χ2v) is 7.07. The maximum atomic E-state index is 12.4. The fraction of sp³-hybridized carbons (Fsp3) is 0.333. The summed E-state index contributed by atoms with van der Waals surface area (Å²) in [5.41, 5.74) is 1.98. The molecule has 2 aromatic rings. The number of rotatable bonds is 6. The van der Waals surface area contributed by atoms with E-state index >= 15 is 0 Å². The number of hydrogen-bond acceptors (Lipinski definition) is 5. The van der Waals surface area contributed by atoms with Crippen LogP contribution in [0.3, 0.4) is 0 Å². The van der Waals surface area contributed by atoms with Crippen LogP contribution in [0.2, 0.25) is 0 Å². The Labute approximate surface area is 162 Å². The van der Waals surface area contributed by atoms with E-state index in [9.17, 15) is 14.7 Å². The van der Waals surface area contributed by atoms with E-state index in [1.54, 1.807) is 17.0 Å². The predicted molar refractivity (Wildman–Crippen MR) is 101 cm³/mol. The van der Waals surface area contributed by atoms with Crippen molar-refractivity contribution in [3.05, 3.63) is 53.6 Å². The van der Waals surface area contributed by atoms with E-state index in [1.165, 1.54) is 0 Å². The molecule has 0 spiro atoms. The number of likely N-dealkylation sites (tertiary alicyclic amines) is 1. The monoisotopic (exact) mass is 382 g/mol. The molecule has 4 rings (SSSR count). The van der Waals surface area contributed by atoms with Gasteiger partial charge in [0.05, 0.1) is 5.92 Å². The molecule has 1 atom stereocenters. The van der Waals surface area contributed by atoms with Gasteiger partial charge in [0, 0.05) is 26.1 Å². The lowest BCUT2D eigenvalue weighted by molar-refractivity contribution is -0.129. The molecule has 2 aliphatic rings. The summed E-state index contributed by atoms with van der Waals surface area (Å²) in [7, 11) is 0. The van der Waals surface area contributed by atoms with Crippen molar-refractivity contribution in [2.24, 2.45) is 5.92 Å². The highest BCUT2D eigenvalue weighted by molar-refractivity contribution is 5.89. The van der Waals surface area contributed by atoms with E-state index in [2.05, 4.69) is 5.32 Å². The van der Waals surface area contributed by atoms with Crippen LogP contribution in [0.1, 0.15) is 17.5 Å². The predicted octanol–water partition coefficient (Wildman–Crippen LogP) is 1.83. The largest absolute Gasteiger partial charge is 0.508 e. The molecule has 28 heavy (non-hydrogen) atoms. The Morgan fingerprint density at radius 3 is 2.68 bits per heavy atom. The van der Waals surface area contributed by atoms with Crippen molar-refractivity contribution >= 4 is 11.8 Å². The number of aromatic hydroxyl groups is 1. The molecule has 0 saturated carbocycles. The minimum Gasteiger partial charge on any atom is -0.508 e. The number of benzene rings is 2. The van der Waals surface area contributed by atoms with Gasteiger partial charge < -0.3 is 24.8 Å². The second kappa shape index (κ2) is 7.80. The molecule has 2 aromatic carbocycles. The highest BCUT2D eigenvalue weighted by Gasteiger charge is 2.34. The molecule has 0 radical (unpaired) electrons. The van der Waals surface area contributed by atoms with Gasteiger partial charge in [0.1, 0.15) is 5.75 Å². The van der Waals surface area contributed by atoms with Gasteiger partial charge in [-0.15, -0.1) is 0 Å². The zero-order valence-electron chi connectivity index (χ0n) is 15.4. The molecule has 1 saturated heterocycles. The van der Waals surface area contributed by atoms with Crippen LogP contribution in [0.5, 0.6) is 17.2 Å². The third-order valence-corrected chi connectivity index (χ3v) is 5.04. The van der Waals surface area contributed by atoms with Crippen LogP contribution in [-0.4, -0.2) is 41.7 Å². The zero-order chi connectivity index (χ0) is 19.5. The summed E-state index contributed by atoms with van der Waals surface area (Å²) in [6, 6.07) is 12.5. The molecular weight excluding hydrogens is 360 g/mol. The summed E-state index contributed by atoms with van der Waals surface area (Å²) in [5, 5.41) is 12.2. The molecule has 2 N–H and O–H groups in total. The number of nitrogens with one attached hydrogen (secondary N) is 1. The number of amides is 2. The molecule has 0 aromatic heterocycles. The Morgan fingerprint density at radius 2 is 1.86 bits per heavy atom. The lowest BCUT2D eigenvalue weighted by Gasteiger charge is -2.17. The number of carbonyl (C=O) groups excluding carboxylic acids is 2. The Kier molecular flexibility index (Phi) is 5.06. The summed E-state index contributed by atoms with van der Waals surface area (Å²) >= 11 is 0. The zero-order valence-corrected chi connectivity index (χ0v) is 15.4. The van der Waals surface area contributed by atoms with E-state index in [1.807, 2.05) is 30.3 Å². The maximum absolute atomic E-state index is 12.4. The first-order chi connectivity index (χ1) is 13.6. The maximum Gasteiger partial charge on any atom is 0.231 e. The van der Waals surface area contributed by atoms with Gasteiger partial charge in [-0.1, -0.05) is 18.2 Å². The van der Waals surface area contributed by atoms with E-state index in [0.29, 0.717) is 37.6 Å². The SMILES string of the molecule is O=C(NCCc1ccc(O)cc1)C1CC(=O)N(Cc2ccc3c(c2)OCO3)C1. The fourth-order valence-electron chi connectivity index (χ4n) is 3.50. The minimum absolute atomic E-state index is 0.0173. The highest BCUT2D eigenvalue weighted by atomic mass is 16.7. The molecule has 1 fully saturated rings. The molecule has 1 unspecified atom stereocenters. The van der Waals surface area contributed by atoms with Crippen LogP contribution in [0.15, 0.2) is 42.5 Å². The molecular formula is C21H22N2O5. The van der Waals surface area contributed by atoms with Gasteiger partial charge in [-0.2, -0.15) is 0 Å². The van der Waals surface area contributed by atoms with Crippen LogP contribution < -0.4 is 14.8 Å². The first-order valence-electron chi connectivity index (χ1n) is 9.30.